The first-order chi connectivity index (χ1) is 5.74. The van der Waals surface area contributed by atoms with Crippen LogP contribution < -0.4 is 5.73 Å². The van der Waals surface area contributed by atoms with E-state index in [0.29, 0.717) is 0 Å². The molecule has 0 spiro atoms. The Morgan fingerprint density at radius 2 is 2.58 bits per heavy atom. The number of oxazole rings is 1. The Bertz CT molecular complexity index is 392. The third-order valence-corrected chi connectivity index (χ3v) is 1.07. The molecule has 1 aromatic rings. The summed E-state index contributed by atoms with van der Waals surface area (Å²) in [5.41, 5.74) is 4.98. The van der Waals surface area contributed by atoms with Crippen molar-refractivity contribution in [2.75, 3.05) is 5.73 Å². The summed E-state index contributed by atoms with van der Waals surface area (Å²) in [5.74, 6) is 0.980. The number of carbonyl (C=O) groups is 1. The summed E-state index contributed by atoms with van der Waals surface area (Å²) in [6, 6.07) is -0.137. The number of hydrogen-bond acceptors (Lipinski definition) is 6. The van der Waals surface area contributed by atoms with Crippen LogP contribution in [-0.4, -0.2) is 11.0 Å². The minimum absolute atomic E-state index is 0.0938. The molecule has 0 aliphatic carbocycles. The Hall–Kier alpha value is -1.51. The van der Waals surface area contributed by atoms with Crippen LogP contribution in [0.15, 0.2) is 10.7 Å². The van der Waals surface area contributed by atoms with Crippen molar-refractivity contribution in [1.82, 2.24) is 4.98 Å². The molecule has 0 aromatic carbocycles. The van der Waals surface area contributed by atoms with Gasteiger partial charge in [-0.25, -0.2) is 0 Å². The summed E-state index contributed by atoms with van der Waals surface area (Å²) in [4.78, 5) is 14.3. The van der Waals surface area contributed by atoms with Crippen LogP contribution in [0.2, 0.25) is 0 Å². The van der Waals surface area contributed by atoms with E-state index < -0.39 is 13.9 Å². The predicted octanol–water partition coefficient (Wildman–Crippen LogP) is 0.622. The van der Waals surface area contributed by atoms with Gasteiger partial charge in [0.2, 0.25) is 0 Å². The Balaban J connectivity index is 2.76. The molecule has 0 aliphatic rings. The van der Waals surface area contributed by atoms with Gasteiger partial charge in [-0.15, -0.1) is 0 Å². The van der Waals surface area contributed by atoms with E-state index in [2.05, 4.69) is 14.1 Å². The molecule has 0 atom stereocenters. The van der Waals surface area contributed by atoms with Crippen LogP contribution in [-0.2, 0) is 9.30 Å². The Morgan fingerprint density at radius 1 is 1.83 bits per heavy atom. The number of carbonyl (C=O) groups excluding carboxylic acids is 1. The van der Waals surface area contributed by atoms with Crippen molar-refractivity contribution < 1.29 is 18.5 Å². The number of nitrogen functional groups attached to an aromatic ring is 1. The molecule has 1 heterocycles. The van der Waals surface area contributed by atoms with E-state index in [0.717, 1.165) is 6.26 Å². The van der Waals surface area contributed by atoms with Gasteiger partial charge in [0, 0.05) is 0 Å². The van der Waals surface area contributed by atoms with Crippen molar-refractivity contribution in [3.8, 4) is 5.81 Å². The third kappa shape index (κ3) is 1.99. The minimum atomic E-state index is -0.821. The first kappa shape index (κ1) is 8.59. The Morgan fingerprint density at radius 3 is 3.08 bits per heavy atom. The van der Waals surface area contributed by atoms with Gasteiger partial charge in [-0.3, -0.25) is 0 Å². The zero-order valence-corrected chi connectivity index (χ0v) is 6.58. The maximum absolute atomic E-state index is 10.8. The fraction of sp³-hybridized carbons (Fsp3) is 0. The van der Waals surface area contributed by atoms with Crippen LogP contribution in [0.1, 0.15) is 10.5 Å². The van der Waals surface area contributed by atoms with Gasteiger partial charge in [0.1, 0.15) is 0 Å². The molecule has 1 rings (SSSR count). The van der Waals surface area contributed by atoms with Gasteiger partial charge in [-0.1, -0.05) is 0 Å². The fourth-order valence-electron chi connectivity index (χ4n) is 0.494. The topological polar surface area (TPSA) is 95.4 Å². The predicted molar refractivity (Wildman–Crippen MR) is 37.8 cm³/mol. The van der Waals surface area contributed by atoms with Crippen molar-refractivity contribution in [3.63, 3.8) is 0 Å². The number of nitrogens with two attached hydrogens (primary N) is 1. The quantitative estimate of drug-likeness (QED) is 0.510. The van der Waals surface area contributed by atoms with Crippen LogP contribution >= 0.6 is 7.92 Å². The molecule has 1 aromatic heterocycles. The maximum atomic E-state index is 10.8. The van der Waals surface area contributed by atoms with E-state index in [1.54, 1.807) is 5.81 Å². The van der Waals surface area contributed by atoms with Crippen LogP contribution in [0.25, 0.3) is 0 Å². The number of ether oxygens (including phenoxy) is 1. The molecule has 0 aliphatic heterocycles. The van der Waals surface area contributed by atoms with Crippen molar-refractivity contribution in [1.29, 1.82) is 0 Å². The van der Waals surface area contributed by atoms with Crippen molar-refractivity contribution >= 4 is 19.9 Å². The van der Waals surface area contributed by atoms with E-state index in [1.807, 2.05) is 0 Å². The van der Waals surface area contributed by atoms with Crippen LogP contribution in [0, 0.1) is 5.81 Å². The first-order valence-electron chi connectivity index (χ1n) is 2.73. The SMILES string of the molecule is Nc1nc(C(=O)OC#P=O)co1. The molecular weight excluding hydrogens is 183 g/mol. The summed E-state index contributed by atoms with van der Waals surface area (Å²) >= 11 is 0. The van der Waals surface area contributed by atoms with Gasteiger partial charge in [-0.2, -0.15) is 0 Å². The van der Waals surface area contributed by atoms with E-state index in [4.69, 9.17) is 5.73 Å². The number of esters is 1. The summed E-state index contributed by atoms with van der Waals surface area (Å²) in [6.07, 6.45) is 1.03. The molecule has 0 fully saturated rings. The Labute approximate surface area is 67.8 Å². The van der Waals surface area contributed by atoms with Crippen LogP contribution in [0.3, 0.4) is 0 Å². The van der Waals surface area contributed by atoms with Crippen LogP contribution in [0.5, 0.6) is 0 Å². The molecule has 0 saturated heterocycles. The normalized spacial score (nSPS) is 8.67. The third-order valence-electron chi connectivity index (χ3n) is 0.907. The van der Waals surface area contributed by atoms with Crippen molar-refractivity contribution in [3.05, 3.63) is 12.0 Å². The molecule has 62 valence electrons. The molecule has 0 amide bonds. The van der Waals surface area contributed by atoms with Gasteiger partial charge in [-0.05, 0) is 0 Å². The molecule has 0 saturated carbocycles. The standard InChI is InChI=1S/C5H3N2O4P/c6-5-7-3(1-10-5)4(8)11-2-12-9/h1H,(H2,6,7). The van der Waals surface area contributed by atoms with E-state index >= 15 is 0 Å². The van der Waals surface area contributed by atoms with Gasteiger partial charge in [0.05, 0.1) is 0 Å². The molecule has 6 nitrogen and oxygen atoms in total. The van der Waals surface area contributed by atoms with Crippen molar-refractivity contribution in [2.45, 2.75) is 0 Å². The summed E-state index contributed by atoms with van der Waals surface area (Å²) < 4.78 is 18.5. The molecule has 0 bridgehead atoms. The van der Waals surface area contributed by atoms with Gasteiger partial charge in [0.15, 0.2) is 0 Å². The molecular formula is C5H3N2O4P. The molecule has 12 heavy (non-hydrogen) atoms. The molecule has 0 unspecified atom stereocenters. The number of hydrogen-bond donors (Lipinski definition) is 1. The summed E-state index contributed by atoms with van der Waals surface area (Å²) in [7, 11) is -0.516. The summed E-state index contributed by atoms with van der Waals surface area (Å²) in [6.45, 7) is 0. The van der Waals surface area contributed by atoms with E-state index in [9.17, 15) is 9.36 Å². The monoisotopic (exact) mass is 186 g/mol. The van der Waals surface area contributed by atoms with E-state index in [1.165, 1.54) is 0 Å². The zero-order valence-electron chi connectivity index (χ0n) is 5.68. The van der Waals surface area contributed by atoms with Gasteiger partial charge >= 0.3 is 66.9 Å². The number of aromatic nitrogens is 1. The second kappa shape index (κ2) is 3.76. The molecule has 2 N–H and O–H groups in total. The molecule has 7 heteroatoms. The number of rotatable bonds is 1. The van der Waals surface area contributed by atoms with Crippen LogP contribution in [0.4, 0.5) is 6.01 Å². The molecule has 0 radical (unpaired) electrons. The van der Waals surface area contributed by atoms with Crippen molar-refractivity contribution in [2.24, 2.45) is 0 Å². The summed E-state index contributed by atoms with van der Waals surface area (Å²) in [5, 5.41) is 0. The average molecular weight is 186 g/mol. The number of anilines is 1. The van der Waals surface area contributed by atoms with E-state index in [-0.39, 0.29) is 11.7 Å². The van der Waals surface area contributed by atoms with Gasteiger partial charge in [0.25, 0.3) is 0 Å². The van der Waals surface area contributed by atoms with Gasteiger partial charge < -0.3 is 0 Å². The fourth-order valence-corrected chi connectivity index (χ4v) is 0.614. The second-order valence-electron chi connectivity index (χ2n) is 1.64. The first-order valence-corrected chi connectivity index (χ1v) is 3.55. The zero-order chi connectivity index (χ0) is 8.97. The Kier molecular flexibility index (Phi) is 2.69. The number of nitrogens with zero attached hydrogens (tertiary/aromatic N) is 1. The average Bonchev–Trinajstić information content (AvgIpc) is 2.47. The second-order valence-corrected chi connectivity index (χ2v) is 2.01.